The van der Waals surface area contributed by atoms with Crippen LogP contribution in [0.5, 0.6) is 0 Å². The number of anilines is 1. The lowest BCUT2D eigenvalue weighted by Crippen LogP contribution is -2.34. The molecular weight excluding hydrogens is 280 g/mol. The Bertz CT molecular complexity index is 571. The van der Waals surface area contributed by atoms with Crippen LogP contribution in [0.15, 0.2) is 30.1 Å². The summed E-state index contributed by atoms with van der Waals surface area (Å²) in [5.74, 6) is -1.02. The number of aromatic nitrogens is 1. The first kappa shape index (κ1) is 14.5. The molecule has 1 heterocycles. The predicted octanol–water partition coefficient (Wildman–Crippen LogP) is 2.43. The summed E-state index contributed by atoms with van der Waals surface area (Å²) >= 11 is 5.88. The second-order valence-electron chi connectivity index (χ2n) is 4.74. The molecule has 1 aromatic rings. The number of nitrogens with zero attached hydrogens (tertiary/aromatic N) is 1. The molecule has 0 bridgehead atoms. The number of ketones is 1. The lowest BCUT2D eigenvalue weighted by Gasteiger charge is -2.25. The number of halogens is 1. The highest BCUT2D eigenvalue weighted by Crippen LogP contribution is 2.28. The van der Waals surface area contributed by atoms with E-state index in [0.717, 1.165) is 5.70 Å². The van der Waals surface area contributed by atoms with Crippen LogP contribution in [0.2, 0.25) is 5.02 Å². The van der Waals surface area contributed by atoms with Crippen molar-refractivity contribution in [3.05, 3.63) is 35.1 Å². The molecule has 106 valence electrons. The number of rotatable bonds is 3. The molecule has 0 aliphatic heterocycles. The molecule has 6 heteroatoms. The number of esters is 1. The van der Waals surface area contributed by atoms with Crippen molar-refractivity contribution in [3.8, 4) is 0 Å². The maximum absolute atomic E-state index is 12.0. The zero-order valence-corrected chi connectivity index (χ0v) is 12.0. The molecule has 20 heavy (non-hydrogen) atoms. The molecular formula is C14H15ClN2O3. The number of pyridine rings is 1. The van der Waals surface area contributed by atoms with E-state index in [1.54, 1.807) is 18.3 Å². The molecule has 0 saturated heterocycles. The predicted molar refractivity (Wildman–Crippen MR) is 75.2 cm³/mol. The summed E-state index contributed by atoms with van der Waals surface area (Å²) in [6.07, 6.45) is 3.58. The summed E-state index contributed by atoms with van der Waals surface area (Å²) in [6.45, 7) is 1.85. The summed E-state index contributed by atoms with van der Waals surface area (Å²) in [6, 6.07) is 3.34. The fraction of sp³-hybridized carbons (Fsp3) is 0.357. The number of nitrogens with one attached hydrogen (secondary N) is 1. The van der Waals surface area contributed by atoms with E-state index in [1.807, 2.05) is 6.92 Å². The van der Waals surface area contributed by atoms with Crippen LogP contribution >= 0.6 is 11.6 Å². The topological polar surface area (TPSA) is 68.3 Å². The van der Waals surface area contributed by atoms with Gasteiger partial charge in [0.05, 0.1) is 7.11 Å². The van der Waals surface area contributed by atoms with Gasteiger partial charge in [0.25, 0.3) is 0 Å². The molecule has 1 N–H and O–H groups in total. The molecule has 2 rings (SSSR count). The molecule has 1 aromatic heterocycles. The Labute approximate surface area is 122 Å². The van der Waals surface area contributed by atoms with E-state index >= 15 is 0 Å². The molecule has 0 amide bonds. The first-order valence-corrected chi connectivity index (χ1v) is 6.60. The second-order valence-corrected chi connectivity index (χ2v) is 5.17. The van der Waals surface area contributed by atoms with Crippen molar-refractivity contribution in [1.29, 1.82) is 0 Å². The van der Waals surface area contributed by atoms with E-state index in [4.69, 9.17) is 11.6 Å². The van der Waals surface area contributed by atoms with Crippen molar-refractivity contribution in [2.45, 2.75) is 13.3 Å². The Morgan fingerprint density at radius 2 is 2.30 bits per heavy atom. The third-order valence-corrected chi connectivity index (χ3v) is 3.43. The van der Waals surface area contributed by atoms with Gasteiger partial charge in [0.15, 0.2) is 5.78 Å². The number of carbonyl (C=O) groups is 2. The van der Waals surface area contributed by atoms with E-state index in [9.17, 15) is 9.59 Å². The number of hydrogen-bond donors (Lipinski definition) is 1. The molecule has 0 fully saturated rings. The van der Waals surface area contributed by atoms with Gasteiger partial charge in [-0.3, -0.25) is 9.59 Å². The van der Waals surface area contributed by atoms with Crippen LogP contribution in [-0.4, -0.2) is 23.8 Å². The molecule has 2 atom stereocenters. The third-order valence-electron chi connectivity index (χ3n) is 3.20. The zero-order valence-electron chi connectivity index (χ0n) is 11.2. The zero-order chi connectivity index (χ0) is 14.7. The number of allylic oxidation sites excluding steroid dienone is 2. The van der Waals surface area contributed by atoms with Gasteiger partial charge in [-0.05, 0) is 24.5 Å². The number of hydrogen-bond acceptors (Lipinski definition) is 5. The van der Waals surface area contributed by atoms with E-state index in [2.05, 4.69) is 15.0 Å². The van der Waals surface area contributed by atoms with Crippen molar-refractivity contribution in [3.63, 3.8) is 0 Å². The monoisotopic (exact) mass is 294 g/mol. The van der Waals surface area contributed by atoms with Gasteiger partial charge in [0.1, 0.15) is 11.7 Å². The van der Waals surface area contributed by atoms with Crippen molar-refractivity contribution >= 4 is 29.2 Å². The average molecular weight is 295 g/mol. The Morgan fingerprint density at radius 1 is 1.55 bits per heavy atom. The highest BCUT2D eigenvalue weighted by atomic mass is 35.5. The Kier molecular flexibility index (Phi) is 4.39. The van der Waals surface area contributed by atoms with Crippen molar-refractivity contribution < 1.29 is 14.3 Å². The van der Waals surface area contributed by atoms with E-state index < -0.39 is 11.9 Å². The SMILES string of the molecule is COC(=O)C1C(=O)C=C(Nc2cc(Cl)ccn2)CC1C. The van der Waals surface area contributed by atoms with Crippen molar-refractivity contribution in [2.24, 2.45) is 11.8 Å². The van der Waals surface area contributed by atoms with Crippen molar-refractivity contribution in [2.75, 3.05) is 12.4 Å². The first-order valence-electron chi connectivity index (χ1n) is 6.22. The minimum absolute atomic E-state index is 0.123. The van der Waals surface area contributed by atoms with Crippen molar-refractivity contribution in [1.82, 2.24) is 4.98 Å². The molecule has 5 nitrogen and oxygen atoms in total. The minimum Gasteiger partial charge on any atom is -0.468 e. The van der Waals surface area contributed by atoms with Crippen LogP contribution < -0.4 is 5.32 Å². The van der Waals surface area contributed by atoms with Crippen LogP contribution in [0, 0.1) is 11.8 Å². The molecule has 1 aliphatic rings. The van der Waals surface area contributed by atoms with E-state index in [0.29, 0.717) is 17.3 Å². The quantitative estimate of drug-likeness (QED) is 0.685. The van der Waals surface area contributed by atoms with Gasteiger partial charge in [0, 0.05) is 23.0 Å². The summed E-state index contributed by atoms with van der Waals surface area (Å²) in [7, 11) is 1.29. The van der Waals surface area contributed by atoms with Crippen LogP contribution in [0.4, 0.5) is 5.82 Å². The van der Waals surface area contributed by atoms with Gasteiger partial charge in [0.2, 0.25) is 0 Å². The Morgan fingerprint density at radius 3 is 2.90 bits per heavy atom. The summed E-state index contributed by atoms with van der Waals surface area (Å²) in [5.41, 5.74) is 0.720. The van der Waals surface area contributed by atoms with Gasteiger partial charge >= 0.3 is 5.97 Å². The normalized spacial score (nSPS) is 22.1. The standard InChI is InChI=1S/C14H15ClN2O3/c1-8-5-10(7-11(18)13(8)14(19)20-2)17-12-6-9(15)3-4-16-12/h3-4,6-8,13H,5H2,1-2H3,(H,16,17). The highest BCUT2D eigenvalue weighted by molar-refractivity contribution is 6.30. The fourth-order valence-electron chi connectivity index (χ4n) is 2.27. The number of ether oxygens (including phenoxy) is 1. The van der Waals surface area contributed by atoms with Crippen LogP contribution in [0.3, 0.4) is 0 Å². The van der Waals surface area contributed by atoms with Crippen LogP contribution in [-0.2, 0) is 14.3 Å². The van der Waals surface area contributed by atoms with Gasteiger partial charge in [-0.1, -0.05) is 18.5 Å². The van der Waals surface area contributed by atoms with E-state index in [1.165, 1.54) is 13.2 Å². The lowest BCUT2D eigenvalue weighted by molar-refractivity contribution is -0.150. The minimum atomic E-state index is -0.724. The largest absolute Gasteiger partial charge is 0.468 e. The fourth-order valence-corrected chi connectivity index (χ4v) is 2.43. The van der Waals surface area contributed by atoms with Gasteiger partial charge in [-0.25, -0.2) is 4.98 Å². The molecule has 1 aliphatic carbocycles. The number of methoxy groups -OCH3 is 1. The Balaban J connectivity index is 2.15. The van der Waals surface area contributed by atoms with Crippen LogP contribution in [0.25, 0.3) is 0 Å². The summed E-state index contributed by atoms with van der Waals surface area (Å²) < 4.78 is 4.66. The highest BCUT2D eigenvalue weighted by Gasteiger charge is 2.35. The molecule has 0 radical (unpaired) electrons. The maximum Gasteiger partial charge on any atom is 0.316 e. The first-order chi connectivity index (χ1) is 9.51. The smallest absolute Gasteiger partial charge is 0.316 e. The third kappa shape index (κ3) is 3.17. The van der Waals surface area contributed by atoms with Gasteiger partial charge < -0.3 is 10.1 Å². The molecule has 0 spiro atoms. The summed E-state index contributed by atoms with van der Waals surface area (Å²) in [5, 5.41) is 3.61. The second kappa shape index (κ2) is 6.05. The maximum atomic E-state index is 12.0. The number of carbonyl (C=O) groups excluding carboxylic acids is 2. The lowest BCUT2D eigenvalue weighted by atomic mass is 9.82. The molecule has 0 saturated carbocycles. The van der Waals surface area contributed by atoms with Crippen LogP contribution in [0.1, 0.15) is 13.3 Å². The van der Waals surface area contributed by atoms with Gasteiger partial charge in [-0.2, -0.15) is 0 Å². The Hall–Kier alpha value is -1.88. The summed E-state index contributed by atoms with van der Waals surface area (Å²) in [4.78, 5) is 27.7. The van der Waals surface area contributed by atoms with E-state index in [-0.39, 0.29) is 11.7 Å². The average Bonchev–Trinajstić information content (AvgIpc) is 2.37. The molecule has 2 unspecified atom stereocenters. The molecule has 0 aromatic carbocycles. The van der Waals surface area contributed by atoms with Gasteiger partial charge in [-0.15, -0.1) is 0 Å².